The van der Waals surface area contributed by atoms with Crippen LogP contribution in [-0.2, 0) is 4.79 Å². The summed E-state index contributed by atoms with van der Waals surface area (Å²) in [5.74, 6) is -1.99. The number of hydrogen-bond donors (Lipinski definition) is 2. The highest BCUT2D eigenvalue weighted by Gasteiger charge is 2.34. The summed E-state index contributed by atoms with van der Waals surface area (Å²) in [6.07, 6.45) is 1.32. The molecule has 1 fully saturated rings. The number of halogens is 1. The summed E-state index contributed by atoms with van der Waals surface area (Å²) in [6, 6.07) is 8.94. The number of piperazine rings is 1. The van der Waals surface area contributed by atoms with Gasteiger partial charge < -0.3 is 25.3 Å². The lowest BCUT2D eigenvalue weighted by molar-refractivity contribution is -0.130. The summed E-state index contributed by atoms with van der Waals surface area (Å²) in [6.45, 7) is 2.49. The van der Waals surface area contributed by atoms with E-state index >= 15 is 0 Å². The normalized spacial score (nSPS) is 16.3. The van der Waals surface area contributed by atoms with E-state index in [1.54, 1.807) is 36.1 Å². The van der Waals surface area contributed by atoms with Crippen LogP contribution in [0.1, 0.15) is 27.6 Å². The molecule has 9 heteroatoms. The van der Waals surface area contributed by atoms with Gasteiger partial charge >= 0.3 is 0 Å². The molecule has 32 heavy (non-hydrogen) atoms. The topological polar surface area (TPSA) is 109 Å². The van der Waals surface area contributed by atoms with Crippen molar-refractivity contribution in [3.8, 4) is 5.75 Å². The van der Waals surface area contributed by atoms with Gasteiger partial charge in [0, 0.05) is 43.1 Å². The second-order valence-electron chi connectivity index (χ2n) is 7.76. The van der Waals surface area contributed by atoms with Crippen LogP contribution in [0, 0.1) is 5.82 Å². The summed E-state index contributed by atoms with van der Waals surface area (Å²) in [5, 5.41) is 0.0193. The molecule has 0 aliphatic carbocycles. The van der Waals surface area contributed by atoms with E-state index in [1.165, 1.54) is 30.3 Å². The number of H-pyrrole nitrogens is 1. The number of Topliss-reactive ketones (excluding diaryl/α,β-unsaturated/α-hetero) is 1. The molecule has 1 aliphatic heterocycles. The summed E-state index contributed by atoms with van der Waals surface area (Å²) >= 11 is 0. The van der Waals surface area contributed by atoms with Crippen molar-refractivity contribution in [3.05, 3.63) is 59.5 Å². The minimum Gasteiger partial charge on any atom is -0.495 e. The van der Waals surface area contributed by atoms with Crippen LogP contribution in [0.3, 0.4) is 0 Å². The maximum Gasteiger partial charge on any atom is 0.295 e. The minimum atomic E-state index is -0.814. The first kappa shape index (κ1) is 21.4. The SMILES string of the molecule is COc1ccc(F)c2c(C(=O)C(=O)N3CCN(C(=O)c4cccc(N)c4)C[C@H]3C)c[nH]c12. The standard InChI is InChI=1S/C23H23FN4O4/c1-13-12-27(22(30)14-4-3-5-15(25)10-14)8-9-28(13)23(31)21(29)16-11-26-20-18(32-2)7-6-17(24)19(16)20/h3-7,10-11,13,26H,8-9,12,25H2,1-2H3/t13-/m1/s1. The maximum absolute atomic E-state index is 14.5. The molecule has 0 saturated carbocycles. The number of benzene rings is 2. The largest absolute Gasteiger partial charge is 0.495 e. The van der Waals surface area contributed by atoms with Gasteiger partial charge in [0.15, 0.2) is 0 Å². The van der Waals surface area contributed by atoms with Crippen molar-refractivity contribution >= 4 is 34.2 Å². The lowest BCUT2D eigenvalue weighted by Crippen LogP contribution is -2.56. The molecule has 166 valence electrons. The molecular weight excluding hydrogens is 415 g/mol. The number of ketones is 1. The Bertz CT molecular complexity index is 1220. The van der Waals surface area contributed by atoms with Crippen LogP contribution in [0.5, 0.6) is 5.75 Å². The predicted octanol–water partition coefficient (Wildman–Crippen LogP) is 2.45. The number of methoxy groups -OCH3 is 1. The van der Waals surface area contributed by atoms with E-state index in [1.807, 2.05) is 0 Å². The molecule has 8 nitrogen and oxygen atoms in total. The number of ether oxygens (including phenoxy) is 1. The first-order valence-electron chi connectivity index (χ1n) is 10.2. The van der Waals surface area contributed by atoms with Gasteiger partial charge in [-0.3, -0.25) is 14.4 Å². The van der Waals surface area contributed by atoms with Gasteiger partial charge in [-0.1, -0.05) is 6.07 Å². The number of fused-ring (bicyclic) bond motifs is 1. The fourth-order valence-electron chi connectivity index (χ4n) is 4.07. The second-order valence-corrected chi connectivity index (χ2v) is 7.76. The number of nitrogens with two attached hydrogens (primary N) is 1. The van der Waals surface area contributed by atoms with Crippen LogP contribution in [0.25, 0.3) is 10.9 Å². The highest BCUT2D eigenvalue weighted by Crippen LogP contribution is 2.30. The zero-order chi connectivity index (χ0) is 23.0. The number of carbonyl (C=O) groups is 3. The first-order chi connectivity index (χ1) is 15.3. The molecule has 0 spiro atoms. The molecule has 0 unspecified atom stereocenters. The highest BCUT2D eigenvalue weighted by molar-refractivity contribution is 6.45. The van der Waals surface area contributed by atoms with Crippen LogP contribution in [0.2, 0.25) is 0 Å². The Labute approximate surface area is 183 Å². The summed E-state index contributed by atoms with van der Waals surface area (Å²) in [5.41, 5.74) is 6.99. The van der Waals surface area contributed by atoms with E-state index in [4.69, 9.17) is 10.5 Å². The van der Waals surface area contributed by atoms with Crippen LogP contribution in [0.4, 0.5) is 10.1 Å². The van der Waals surface area contributed by atoms with Gasteiger partial charge in [-0.15, -0.1) is 0 Å². The lowest BCUT2D eigenvalue weighted by Gasteiger charge is -2.39. The van der Waals surface area contributed by atoms with E-state index in [0.717, 1.165) is 0 Å². The number of nitrogens with zero attached hydrogens (tertiary/aromatic N) is 2. The molecule has 1 aliphatic rings. The second kappa shape index (κ2) is 8.33. The Hall–Kier alpha value is -3.88. The van der Waals surface area contributed by atoms with Crippen LogP contribution < -0.4 is 10.5 Å². The van der Waals surface area contributed by atoms with Crippen molar-refractivity contribution < 1.29 is 23.5 Å². The van der Waals surface area contributed by atoms with Gasteiger partial charge in [-0.05, 0) is 37.3 Å². The van der Waals surface area contributed by atoms with Gasteiger partial charge in [-0.25, -0.2) is 4.39 Å². The molecule has 1 aromatic heterocycles. The molecule has 1 atom stereocenters. The van der Waals surface area contributed by atoms with E-state index in [2.05, 4.69) is 4.98 Å². The van der Waals surface area contributed by atoms with Crippen molar-refractivity contribution in [2.24, 2.45) is 0 Å². The van der Waals surface area contributed by atoms with Crippen LogP contribution >= 0.6 is 0 Å². The number of aromatic amines is 1. The zero-order valence-corrected chi connectivity index (χ0v) is 17.7. The molecule has 2 amide bonds. The van der Waals surface area contributed by atoms with Crippen molar-refractivity contribution in [1.82, 2.24) is 14.8 Å². The van der Waals surface area contributed by atoms with E-state index in [9.17, 15) is 18.8 Å². The number of nitrogens with one attached hydrogen (secondary N) is 1. The number of hydrogen-bond acceptors (Lipinski definition) is 5. The van der Waals surface area contributed by atoms with E-state index in [0.29, 0.717) is 22.5 Å². The zero-order valence-electron chi connectivity index (χ0n) is 17.7. The van der Waals surface area contributed by atoms with Gasteiger partial charge in [0.1, 0.15) is 11.6 Å². The number of amides is 2. The fraction of sp³-hybridized carbons (Fsp3) is 0.261. The van der Waals surface area contributed by atoms with Gasteiger partial charge in [0.05, 0.1) is 23.6 Å². The number of nitrogen functional groups attached to an aromatic ring is 1. The van der Waals surface area contributed by atoms with E-state index < -0.39 is 23.5 Å². The molecule has 0 radical (unpaired) electrons. The predicted molar refractivity (Wildman–Crippen MR) is 117 cm³/mol. The molecule has 4 rings (SSSR count). The highest BCUT2D eigenvalue weighted by atomic mass is 19.1. The third-order valence-electron chi connectivity index (χ3n) is 5.71. The monoisotopic (exact) mass is 438 g/mol. The van der Waals surface area contributed by atoms with Crippen LogP contribution in [0.15, 0.2) is 42.6 Å². The molecule has 1 saturated heterocycles. The van der Waals surface area contributed by atoms with Crippen molar-refractivity contribution in [3.63, 3.8) is 0 Å². The molecule has 3 N–H and O–H groups in total. The Morgan fingerprint density at radius 2 is 1.97 bits per heavy atom. The molecule has 0 bridgehead atoms. The van der Waals surface area contributed by atoms with Gasteiger partial charge in [0.2, 0.25) is 0 Å². The quantitative estimate of drug-likeness (QED) is 0.370. The number of aromatic nitrogens is 1. The smallest absolute Gasteiger partial charge is 0.295 e. The number of carbonyl (C=O) groups excluding carboxylic acids is 3. The van der Waals surface area contributed by atoms with Crippen molar-refractivity contribution in [2.75, 3.05) is 32.5 Å². The Kier molecular flexibility index (Phi) is 5.56. The summed E-state index contributed by atoms with van der Waals surface area (Å²) in [7, 11) is 1.44. The Balaban J connectivity index is 1.52. The Morgan fingerprint density at radius 1 is 1.19 bits per heavy atom. The van der Waals surface area contributed by atoms with Crippen molar-refractivity contribution in [2.45, 2.75) is 13.0 Å². The Morgan fingerprint density at radius 3 is 2.66 bits per heavy atom. The number of anilines is 1. The summed E-state index contributed by atoms with van der Waals surface area (Å²) in [4.78, 5) is 44.6. The summed E-state index contributed by atoms with van der Waals surface area (Å²) < 4.78 is 19.7. The van der Waals surface area contributed by atoms with Crippen LogP contribution in [-0.4, -0.2) is 65.2 Å². The maximum atomic E-state index is 14.5. The average Bonchev–Trinajstić information content (AvgIpc) is 3.24. The van der Waals surface area contributed by atoms with Gasteiger partial charge in [-0.2, -0.15) is 0 Å². The molecular formula is C23H23FN4O4. The first-order valence-corrected chi connectivity index (χ1v) is 10.2. The molecule has 2 heterocycles. The molecule has 2 aromatic carbocycles. The van der Waals surface area contributed by atoms with Crippen molar-refractivity contribution in [1.29, 1.82) is 0 Å². The third-order valence-corrected chi connectivity index (χ3v) is 5.71. The number of rotatable bonds is 4. The molecule has 3 aromatic rings. The lowest BCUT2D eigenvalue weighted by atomic mass is 10.1. The van der Waals surface area contributed by atoms with E-state index in [-0.39, 0.29) is 36.5 Å². The minimum absolute atomic E-state index is 0.0193. The fourth-order valence-corrected chi connectivity index (χ4v) is 4.07. The van der Waals surface area contributed by atoms with Gasteiger partial charge in [0.25, 0.3) is 17.6 Å². The third kappa shape index (κ3) is 3.66. The average molecular weight is 438 g/mol.